The standard InChI is InChI=1S/C27H28N4O3S/c1-20-8-11-24(12-9-20)35(33,34)31(25-13-10-21(2)16-22(25)3)18-27(32)29-17-23-6-4-5-7-26(23)30-15-14-28-19-30/h4-16,19H,17-18H2,1-3H3,(H,29,32). The lowest BCUT2D eigenvalue weighted by molar-refractivity contribution is -0.119. The zero-order valence-electron chi connectivity index (χ0n) is 20.0. The molecule has 0 aliphatic heterocycles. The summed E-state index contributed by atoms with van der Waals surface area (Å²) in [5.74, 6) is -0.402. The Morgan fingerprint density at radius 2 is 1.69 bits per heavy atom. The lowest BCUT2D eigenvalue weighted by Gasteiger charge is -2.26. The first-order valence-corrected chi connectivity index (χ1v) is 12.7. The van der Waals surface area contributed by atoms with Crippen molar-refractivity contribution < 1.29 is 13.2 Å². The summed E-state index contributed by atoms with van der Waals surface area (Å²) in [6, 6.07) is 19.8. The van der Waals surface area contributed by atoms with Crippen molar-refractivity contribution in [3.05, 3.63) is 108 Å². The molecule has 8 heteroatoms. The highest BCUT2D eigenvalue weighted by molar-refractivity contribution is 7.92. The van der Waals surface area contributed by atoms with Crippen molar-refractivity contribution in [2.45, 2.75) is 32.2 Å². The number of nitrogens with zero attached hydrogens (tertiary/aromatic N) is 3. The summed E-state index contributed by atoms with van der Waals surface area (Å²) >= 11 is 0. The molecule has 1 amide bonds. The molecule has 1 N–H and O–H groups in total. The summed E-state index contributed by atoms with van der Waals surface area (Å²) in [6.07, 6.45) is 5.21. The van der Waals surface area contributed by atoms with Crippen molar-refractivity contribution in [3.8, 4) is 5.69 Å². The van der Waals surface area contributed by atoms with Gasteiger partial charge in [-0.05, 0) is 56.2 Å². The zero-order valence-corrected chi connectivity index (χ0v) is 20.8. The number of hydrogen-bond donors (Lipinski definition) is 1. The first-order chi connectivity index (χ1) is 16.8. The number of benzene rings is 3. The maximum Gasteiger partial charge on any atom is 0.264 e. The van der Waals surface area contributed by atoms with Crippen LogP contribution in [0.2, 0.25) is 0 Å². The summed E-state index contributed by atoms with van der Waals surface area (Å²) in [5.41, 5.74) is 5.00. The van der Waals surface area contributed by atoms with Gasteiger partial charge in [0.05, 0.1) is 22.6 Å². The Hall–Kier alpha value is -3.91. The Bertz CT molecular complexity index is 1430. The minimum atomic E-state index is -3.97. The number of anilines is 1. The first kappa shape index (κ1) is 24.2. The van der Waals surface area contributed by atoms with Crippen LogP contribution in [0.15, 0.2) is 90.3 Å². The second-order valence-corrected chi connectivity index (χ2v) is 10.4. The molecule has 0 spiro atoms. The molecule has 0 bridgehead atoms. The second-order valence-electron chi connectivity index (χ2n) is 8.49. The Balaban J connectivity index is 1.61. The minimum absolute atomic E-state index is 0.140. The highest BCUT2D eigenvalue weighted by Gasteiger charge is 2.28. The van der Waals surface area contributed by atoms with Crippen molar-refractivity contribution in [2.75, 3.05) is 10.8 Å². The largest absolute Gasteiger partial charge is 0.350 e. The zero-order chi connectivity index (χ0) is 25.0. The first-order valence-electron chi connectivity index (χ1n) is 11.3. The number of hydrogen-bond acceptors (Lipinski definition) is 4. The van der Waals surface area contributed by atoms with E-state index in [4.69, 9.17) is 0 Å². The molecule has 0 saturated heterocycles. The van der Waals surface area contributed by atoms with Crippen LogP contribution in [0.1, 0.15) is 22.3 Å². The lowest BCUT2D eigenvalue weighted by atomic mass is 10.1. The van der Waals surface area contributed by atoms with Crippen LogP contribution in [0.4, 0.5) is 5.69 Å². The molecule has 0 unspecified atom stereocenters. The third kappa shape index (κ3) is 5.44. The van der Waals surface area contributed by atoms with E-state index in [9.17, 15) is 13.2 Å². The van der Waals surface area contributed by atoms with Gasteiger partial charge in [-0.3, -0.25) is 9.10 Å². The van der Waals surface area contributed by atoms with Crippen LogP contribution < -0.4 is 9.62 Å². The van der Waals surface area contributed by atoms with E-state index in [1.54, 1.807) is 42.9 Å². The van der Waals surface area contributed by atoms with E-state index >= 15 is 0 Å². The molecule has 0 aliphatic carbocycles. The number of imidazole rings is 1. The lowest BCUT2D eigenvalue weighted by Crippen LogP contribution is -2.41. The summed E-state index contributed by atoms with van der Waals surface area (Å²) < 4.78 is 30.3. The molecule has 0 fully saturated rings. The van der Waals surface area contributed by atoms with Crippen LogP contribution >= 0.6 is 0 Å². The number of para-hydroxylation sites is 1. The normalized spacial score (nSPS) is 11.3. The van der Waals surface area contributed by atoms with E-state index in [-0.39, 0.29) is 18.0 Å². The van der Waals surface area contributed by atoms with E-state index in [1.165, 1.54) is 4.31 Å². The van der Waals surface area contributed by atoms with Gasteiger partial charge in [-0.25, -0.2) is 13.4 Å². The molecule has 35 heavy (non-hydrogen) atoms. The SMILES string of the molecule is Cc1ccc(S(=O)(=O)N(CC(=O)NCc2ccccc2-n2ccnc2)c2ccc(C)cc2C)cc1. The molecular formula is C27H28N4O3S. The second kappa shape index (κ2) is 10.1. The van der Waals surface area contributed by atoms with Gasteiger partial charge in [-0.1, -0.05) is 53.6 Å². The summed E-state index contributed by atoms with van der Waals surface area (Å²) in [4.78, 5) is 17.3. The molecule has 4 aromatic rings. The van der Waals surface area contributed by atoms with Crippen LogP contribution in [-0.2, 0) is 21.4 Å². The molecule has 0 radical (unpaired) electrons. The molecule has 3 aromatic carbocycles. The fraction of sp³-hybridized carbons (Fsp3) is 0.185. The Labute approximate surface area is 206 Å². The minimum Gasteiger partial charge on any atom is -0.350 e. The molecular weight excluding hydrogens is 460 g/mol. The number of aromatic nitrogens is 2. The van der Waals surface area contributed by atoms with Gasteiger partial charge in [0.25, 0.3) is 10.0 Å². The molecule has 0 saturated carbocycles. The molecule has 4 rings (SSSR count). The predicted octanol–water partition coefficient (Wildman–Crippen LogP) is 4.31. The van der Waals surface area contributed by atoms with Gasteiger partial charge in [0.2, 0.25) is 5.91 Å². The maximum atomic E-state index is 13.6. The van der Waals surface area contributed by atoms with Crippen molar-refractivity contribution in [2.24, 2.45) is 0 Å². The predicted molar refractivity (Wildman–Crippen MR) is 137 cm³/mol. The maximum absolute atomic E-state index is 13.6. The smallest absolute Gasteiger partial charge is 0.264 e. The van der Waals surface area contributed by atoms with Crippen LogP contribution in [-0.4, -0.2) is 30.4 Å². The quantitative estimate of drug-likeness (QED) is 0.401. The van der Waals surface area contributed by atoms with Crippen LogP contribution in [0.25, 0.3) is 5.69 Å². The Kier molecular flexibility index (Phi) is 7.02. The molecule has 0 aliphatic rings. The van der Waals surface area contributed by atoms with E-state index in [0.29, 0.717) is 5.69 Å². The molecule has 0 atom stereocenters. The van der Waals surface area contributed by atoms with Crippen molar-refractivity contribution in [1.29, 1.82) is 0 Å². The number of amides is 1. The van der Waals surface area contributed by atoms with Crippen LogP contribution in [0.3, 0.4) is 0 Å². The van der Waals surface area contributed by atoms with Crippen molar-refractivity contribution in [3.63, 3.8) is 0 Å². The number of rotatable bonds is 8. The number of sulfonamides is 1. The molecule has 1 heterocycles. The average molecular weight is 489 g/mol. The Morgan fingerprint density at radius 3 is 2.37 bits per heavy atom. The van der Waals surface area contributed by atoms with E-state index in [2.05, 4.69) is 10.3 Å². The highest BCUT2D eigenvalue weighted by Crippen LogP contribution is 2.27. The van der Waals surface area contributed by atoms with Gasteiger partial charge < -0.3 is 9.88 Å². The molecule has 1 aromatic heterocycles. The van der Waals surface area contributed by atoms with Crippen LogP contribution in [0.5, 0.6) is 0 Å². The van der Waals surface area contributed by atoms with Gasteiger partial charge in [-0.15, -0.1) is 0 Å². The summed E-state index contributed by atoms with van der Waals surface area (Å²) in [6.45, 7) is 5.60. The van der Waals surface area contributed by atoms with E-state index in [0.717, 1.165) is 27.9 Å². The monoisotopic (exact) mass is 488 g/mol. The number of aryl methyl sites for hydroxylation is 3. The third-order valence-corrected chi connectivity index (χ3v) is 7.54. The highest BCUT2D eigenvalue weighted by atomic mass is 32.2. The van der Waals surface area contributed by atoms with E-state index < -0.39 is 15.9 Å². The van der Waals surface area contributed by atoms with Gasteiger partial charge in [0.1, 0.15) is 6.54 Å². The average Bonchev–Trinajstić information content (AvgIpc) is 3.37. The Morgan fingerprint density at radius 1 is 0.971 bits per heavy atom. The fourth-order valence-corrected chi connectivity index (χ4v) is 5.40. The molecule has 180 valence electrons. The third-order valence-electron chi connectivity index (χ3n) is 5.77. The van der Waals surface area contributed by atoms with Gasteiger partial charge in [0, 0.05) is 18.9 Å². The van der Waals surface area contributed by atoms with Crippen molar-refractivity contribution >= 4 is 21.6 Å². The van der Waals surface area contributed by atoms with E-state index in [1.807, 2.05) is 67.9 Å². The summed E-state index contributed by atoms with van der Waals surface area (Å²) in [7, 11) is -3.97. The number of nitrogens with one attached hydrogen (secondary N) is 1. The van der Waals surface area contributed by atoms with Gasteiger partial charge in [-0.2, -0.15) is 0 Å². The van der Waals surface area contributed by atoms with Gasteiger partial charge >= 0.3 is 0 Å². The number of carbonyl (C=O) groups is 1. The molecule has 7 nitrogen and oxygen atoms in total. The fourth-order valence-electron chi connectivity index (χ4n) is 3.92. The topological polar surface area (TPSA) is 84.3 Å². The van der Waals surface area contributed by atoms with Gasteiger partial charge in [0.15, 0.2) is 0 Å². The summed E-state index contributed by atoms with van der Waals surface area (Å²) in [5, 5.41) is 2.89. The van der Waals surface area contributed by atoms with Crippen molar-refractivity contribution in [1.82, 2.24) is 14.9 Å². The number of carbonyl (C=O) groups excluding carboxylic acids is 1. The van der Waals surface area contributed by atoms with Crippen LogP contribution in [0, 0.1) is 20.8 Å².